The Morgan fingerprint density at radius 1 is 1.28 bits per heavy atom. The van der Waals surface area contributed by atoms with Gasteiger partial charge in [0.05, 0.1) is 12.9 Å². The van der Waals surface area contributed by atoms with E-state index in [0.29, 0.717) is 19.8 Å². The largest absolute Gasteiger partial charge is 0.502 e. The summed E-state index contributed by atoms with van der Waals surface area (Å²) in [5, 5.41) is 3.36. The maximum Gasteiger partial charge on any atom is 0.161 e. The number of hydrogen-bond donors (Lipinski definition) is 1. The van der Waals surface area contributed by atoms with E-state index in [1.165, 1.54) is 11.8 Å². The van der Waals surface area contributed by atoms with Gasteiger partial charge < -0.3 is 19.5 Å². The number of rotatable bonds is 7. The second-order valence-electron chi connectivity index (χ2n) is 4.05. The molecule has 0 atom stereocenters. The first-order valence-corrected chi connectivity index (χ1v) is 6.22. The van der Waals surface area contributed by atoms with Crippen LogP contribution in [0.15, 0.2) is 31.0 Å². The molecule has 0 amide bonds. The second kappa shape index (κ2) is 6.91. The first-order valence-electron chi connectivity index (χ1n) is 6.22. The highest BCUT2D eigenvalue weighted by Gasteiger charge is 2.11. The molecule has 0 aliphatic carbocycles. The summed E-state index contributed by atoms with van der Waals surface area (Å²) in [6, 6.07) is 6.05. The van der Waals surface area contributed by atoms with Crippen molar-refractivity contribution in [3.63, 3.8) is 0 Å². The molecule has 1 N–H and O–H groups in total. The second-order valence-corrected chi connectivity index (χ2v) is 4.05. The summed E-state index contributed by atoms with van der Waals surface area (Å²) in [4.78, 5) is 0. The number of ether oxygens (including phenoxy) is 3. The van der Waals surface area contributed by atoms with Crippen LogP contribution >= 0.6 is 0 Å². The third-order valence-corrected chi connectivity index (χ3v) is 2.67. The molecule has 1 heterocycles. The van der Waals surface area contributed by atoms with Crippen molar-refractivity contribution in [2.75, 3.05) is 26.4 Å². The molecule has 0 radical (unpaired) electrons. The molecular weight excluding hydrogens is 230 g/mol. The van der Waals surface area contributed by atoms with E-state index in [2.05, 4.69) is 18.0 Å². The van der Waals surface area contributed by atoms with E-state index >= 15 is 0 Å². The molecule has 4 heteroatoms. The lowest BCUT2D eigenvalue weighted by Crippen LogP contribution is -2.18. The molecule has 0 spiro atoms. The minimum atomic E-state index is 0.628. The maximum atomic E-state index is 5.54. The van der Waals surface area contributed by atoms with Crippen molar-refractivity contribution in [2.24, 2.45) is 0 Å². The Bertz CT molecular complexity index is 393. The van der Waals surface area contributed by atoms with Crippen molar-refractivity contribution in [3.05, 3.63) is 36.6 Å². The van der Waals surface area contributed by atoms with Crippen molar-refractivity contribution in [1.82, 2.24) is 5.32 Å². The zero-order valence-corrected chi connectivity index (χ0v) is 10.5. The van der Waals surface area contributed by atoms with Crippen LogP contribution in [0.2, 0.25) is 0 Å². The smallest absolute Gasteiger partial charge is 0.161 e. The fraction of sp³-hybridized carbons (Fsp3) is 0.429. The Morgan fingerprint density at radius 3 is 2.94 bits per heavy atom. The SMILES string of the molecule is C=COCCCNCc1ccc2c(c1)OCCO2. The Labute approximate surface area is 108 Å². The molecule has 1 aromatic rings. The van der Waals surface area contributed by atoms with Crippen molar-refractivity contribution in [3.8, 4) is 11.5 Å². The van der Waals surface area contributed by atoms with Crippen molar-refractivity contribution >= 4 is 0 Å². The summed E-state index contributed by atoms with van der Waals surface area (Å²) in [5.74, 6) is 1.68. The normalized spacial score (nSPS) is 13.1. The zero-order chi connectivity index (χ0) is 12.6. The average Bonchev–Trinajstić information content (AvgIpc) is 2.42. The van der Waals surface area contributed by atoms with Gasteiger partial charge in [0.25, 0.3) is 0 Å². The molecule has 0 saturated carbocycles. The van der Waals surface area contributed by atoms with E-state index in [0.717, 1.165) is 31.0 Å². The summed E-state index contributed by atoms with van der Waals surface area (Å²) in [6.45, 7) is 7.21. The lowest BCUT2D eigenvalue weighted by Gasteiger charge is -2.19. The predicted octanol–water partition coefficient (Wildman–Crippen LogP) is 2.10. The molecule has 0 bridgehead atoms. The van der Waals surface area contributed by atoms with Gasteiger partial charge in [0, 0.05) is 6.54 Å². The van der Waals surface area contributed by atoms with Gasteiger partial charge in [-0.15, -0.1) is 0 Å². The summed E-state index contributed by atoms with van der Waals surface area (Å²) < 4.78 is 16.1. The molecule has 0 unspecified atom stereocenters. The molecule has 98 valence electrons. The number of hydrogen-bond acceptors (Lipinski definition) is 4. The summed E-state index contributed by atoms with van der Waals surface area (Å²) in [5.41, 5.74) is 1.20. The van der Waals surface area contributed by atoms with Crippen molar-refractivity contribution < 1.29 is 14.2 Å². The van der Waals surface area contributed by atoms with Crippen LogP contribution in [0.25, 0.3) is 0 Å². The highest BCUT2D eigenvalue weighted by molar-refractivity contribution is 5.43. The van der Waals surface area contributed by atoms with Gasteiger partial charge in [-0.25, -0.2) is 0 Å². The van der Waals surface area contributed by atoms with Crippen molar-refractivity contribution in [1.29, 1.82) is 0 Å². The van der Waals surface area contributed by atoms with E-state index in [9.17, 15) is 0 Å². The van der Waals surface area contributed by atoms with Gasteiger partial charge in [-0.05, 0) is 30.7 Å². The summed E-state index contributed by atoms with van der Waals surface area (Å²) in [7, 11) is 0. The summed E-state index contributed by atoms with van der Waals surface area (Å²) >= 11 is 0. The van der Waals surface area contributed by atoms with Gasteiger partial charge in [-0.3, -0.25) is 0 Å². The van der Waals surface area contributed by atoms with E-state index in [4.69, 9.17) is 14.2 Å². The van der Waals surface area contributed by atoms with Crippen LogP contribution in [0.4, 0.5) is 0 Å². The van der Waals surface area contributed by atoms with Crippen LogP contribution in [0, 0.1) is 0 Å². The minimum Gasteiger partial charge on any atom is -0.502 e. The van der Waals surface area contributed by atoms with Gasteiger partial charge in [0.2, 0.25) is 0 Å². The monoisotopic (exact) mass is 249 g/mol. The van der Waals surface area contributed by atoms with Gasteiger partial charge in [-0.1, -0.05) is 12.6 Å². The van der Waals surface area contributed by atoms with Crippen LogP contribution in [-0.4, -0.2) is 26.4 Å². The highest BCUT2D eigenvalue weighted by atomic mass is 16.6. The van der Waals surface area contributed by atoms with E-state index in [1.54, 1.807) is 0 Å². The standard InChI is InChI=1S/C14H19NO3/c1-2-16-7-3-6-15-11-12-4-5-13-14(10-12)18-9-8-17-13/h2,4-5,10,15H,1,3,6-9,11H2. The quantitative estimate of drug-likeness (QED) is 0.593. The molecule has 2 rings (SSSR count). The van der Waals surface area contributed by atoms with Crippen LogP contribution < -0.4 is 14.8 Å². The van der Waals surface area contributed by atoms with Crippen LogP contribution in [0.3, 0.4) is 0 Å². The third-order valence-electron chi connectivity index (χ3n) is 2.67. The highest BCUT2D eigenvalue weighted by Crippen LogP contribution is 2.30. The minimum absolute atomic E-state index is 0.628. The number of benzene rings is 1. The first-order chi connectivity index (χ1) is 8.90. The molecule has 1 aromatic carbocycles. The van der Waals surface area contributed by atoms with E-state index in [1.807, 2.05) is 12.1 Å². The maximum absolute atomic E-state index is 5.54. The number of fused-ring (bicyclic) bond motifs is 1. The van der Waals surface area contributed by atoms with Gasteiger partial charge >= 0.3 is 0 Å². The first kappa shape index (κ1) is 12.8. The fourth-order valence-corrected chi connectivity index (χ4v) is 1.79. The van der Waals surface area contributed by atoms with E-state index < -0.39 is 0 Å². The molecule has 1 aliphatic rings. The average molecular weight is 249 g/mol. The molecule has 18 heavy (non-hydrogen) atoms. The predicted molar refractivity (Wildman–Crippen MR) is 69.9 cm³/mol. The Balaban J connectivity index is 1.74. The van der Waals surface area contributed by atoms with Gasteiger partial charge in [0.1, 0.15) is 13.2 Å². The Hall–Kier alpha value is -1.68. The molecule has 1 aliphatic heterocycles. The molecule has 0 fully saturated rings. The fourth-order valence-electron chi connectivity index (χ4n) is 1.79. The van der Waals surface area contributed by atoms with Gasteiger partial charge in [-0.2, -0.15) is 0 Å². The molecule has 4 nitrogen and oxygen atoms in total. The van der Waals surface area contributed by atoms with Crippen LogP contribution in [-0.2, 0) is 11.3 Å². The molecule has 0 aromatic heterocycles. The van der Waals surface area contributed by atoms with Gasteiger partial charge in [0.15, 0.2) is 11.5 Å². The Kier molecular flexibility index (Phi) is 4.90. The van der Waals surface area contributed by atoms with Crippen LogP contribution in [0.1, 0.15) is 12.0 Å². The van der Waals surface area contributed by atoms with E-state index in [-0.39, 0.29) is 0 Å². The lowest BCUT2D eigenvalue weighted by atomic mass is 10.2. The number of nitrogens with one attached hydrogen (secondary N) is 1. The van der Waals surface area contributed by atoms with Crippen LogP contribution in [0.5, 0.6) is 11.5 Å². The zero-order valence-electron chi connectivity index (χ0n) is 10.5. The topological polar surface area (TPSA) is 39.7 Å². The summed E-state index contributed by atoms with van der Waals surface area (Å²) in [6.07, 6.45) is 2.44. The lowest BCUT2D eigenvalue weighted by molar-refractivity contribution is 0.171. The van der Waals surface area contributed by atoms with Crippen molar-refractivity contribution in [2.45, 2.75) is 13.0 Å². The molecular formula is C14H19NO3. The molecule has 0 saturated heterocycles. The Morgan fingerprint density at radius 2 is 2.11 bits per heavy atom. The third kappa shape index (κ3) is 3.67.